The number of nitrogens with one attached hydrogen (secondary N) is 1. The first kappa shape index (κ1) is 17.8. The minimum Gasteiger partial charge on any atom is -0.493 e. The van der Waals surface area contributed by atoms with E-state index in [1.165, 1.54) is 18.4 Å². The molecule has 24 heavy (non-hydrogen) atoms. The molecule has 1 heterocycles. The first-order valence-corrected chi connectivity index (χ1v) is 8.20. The highest BCUT2D eigenvalue weighted by atomic mass is 32.1. The monoisotopic (exact) mass is 349 g/mol. The summed E-state index contributed by atoms with van der Waals surface area (Å²) in [4.78, 5) is 24.5. The summed E-state index contributed by atoms with van der Waals surface area (Å²) in [7, 11) is 1.52. The molecule has 0 saturated heterocycles. The first-order valence-electron chi connectivity index (χ1n) is 7.39. The van der Waals surface area contributed by atoms with Crippen LogP contribution in [0.5, 0.6) is 11.5 Å². The molecule has 0 radical (unpaired) electrons. The number of amides is 1. The van der Waals surface area contributed by atoms with Gasteiger partial charge in [0.25, 0.3) is 5.91 Å². The summed E-state index contributed by atoms with van der Waals surface area (Å²) in [6, 6.07) is 6.99. The number of rotatable bonds is 7. The minimum atomic E-state index is -1.04. The third-order valence-corrected chi connectivity index (χ3v) is 4.52. The van der Waals surface area contributed by atoms with Crippen molar-refractivity contribution in [2.24, 2.45) is 0 Å². The molecular formula is C17H19NO5S. The average Bonchev–Trinajstić information content (AvgIpc) is 2.88. The number of ether oxygens (including phenoxy) is 2. The van der Waals surface area contributed by atoms with Crippen molar-refractivity contribution in [1.82, 2.24) is 0 Å². The molecule has 7 heteroatoms. The molecule has 6 nitrogen and oxygen atoms in total. The third-order valence-electron chi connectivity index (χ3n) is 3.46. The lowest BCUT2D eigenvalue weighted by Gasteiger charge is -2.10. The standard InChI is InChI=1S/C17H19NO5S/c1-4-11-10(2)24-16(15(11)17(20)21)18-14(19)9-23-13-8-6-5-7-12(13)22-3/h5-8H,4,9H2,1-3H3,(H,18,19)(H,20,21). The second-order valence-corrected chi connectivity index (χ2v) is 6.21. The fourth-order valence-electron chi connectivity index (χ4n) is 2.36. The molecule has 0 aliphatic carbocycles. The Balaban J connectivity index is 2.09. The van der Waals surface area contributed by atoms with Gasteiger partial charge in [-0.3, -0.25) is 4.79 Å². The Bertz CT molecular complexity index is 753. The zero-order valence-electron chi connectivity index (χ0n) is 13.7. The van der Waals surface area contributed by atoms with Crippen LogP contribution in [0.15, 0.2) is 24.3 Å². The maximum absolute atomic E-state index is 12.1. The van der Waals surface area contributed by atoms with Gasteiger partial charge in [0.2, 0.25) is 0 Å². The molecule has 1 aromatic carbocycles. The number of thiophene rings is 1. The molecule has 0 fully saturated rings. The van der Waals surface area contributed by atoms with Crippen molar-refractivity contribution in [3.63, 3.8) is 0 Å². The van der Waals surface area contributed by atoms with E-state index in [9.17, 15) is 14.7 Å². The normalized spacial score (nSPS) is 10.3. The minimum absolute atomic E-state index is 0.158. The SMILES string of the molecule is CCc1c(C)sc(NC(=O)COc2ccccc2OC)c1C(=O)O. The first-order chi connectivity index (χ1) is 11.5. The Morgan fingerprint density at radius 3 is 2.50 bits per heavy atom. The van der Waals surface area contributed by atoms with Crippen molar-refractivity contribution < 1.29 is 24.2 Å². The molecule has 0 spiro atoms. The molecule has 0 unspecified atom stereocenters. The molecule has 2 aromatic rings. The van der Waals surface area contributed by atoms with Crippen LogP contribution in [-0.2, 0) is 11.2 Å². The topological polar surface area (TPSA) is 84.9 Å². The number of para-hydroxylation sites is 2. The van der Waals surface area contributed by atoms with Gasteiger partial charge in [-0.25, -0.2) is 4.79 Å². The van der Waals surface area contributed by atoms with Gasteiger partial charge in [0.15, 0.2) is 18.1 Å². The van der Waals surface area contributed by atoms with E-state index in [0.29, 0.717) is 22.9 Å². The molecule has 0 atom stereocenters. The average molecular weight is 349 g/mol. The Hall–Kier alpha value is -2.54. The van der Waals surface area contributed by atoms with Crippen LogP contribution in [0.4, 0.5) is 5.00 Å². The summed E-state index contributed by atoms with van der Waals surface area (Å²) >= 11 is 1.26. The molecule has 0 saturated carbocycles. The highest BCUT2D eigenvalue weighted by Gasteiger charge is 2.22. The molecule has 0 bridgehead atoms. The van der Waals surface area contributed by atoms with Crippen molar-refractivity contribution >= 4 is 28.2 Å². The lowest BCUT2D eigenvalue weighted by Crippen LogP contribution is -2.21. The Morgan fingerprint density at radius 2 is 1.92 bits per heavy atom. The van der Waals surface area contributed by atoms with E-state index < -0.39 is 11.9 Å². The molecule has 0 aliphatic rings. The van der Waals surface area contributed by atoms with Crippen LogP contribution in [0.1, 0.15) is 27.7 Å². The number of methoxy groups -OCH3 is 1. The maximum atomic E-state index is 12.1. The zero-order valence-corrected chi connectivity index (χ0v) is 14.5. The molecule has 1 aromatic heterocycles. The fourth-order valence-corrected chi connectivity index (χ4v) is 3.52. The smallest absolute Gasteiger partial charge is 0.339 e. The fraction of sp³-hybridized carbons (Fsp3) is 0.294. The van der Waals surface area contributed by atoms with Gasteiger partial charge in [-0.05, 0) is 31.0 Å². The van der Waals surface area contributed by atoms with Gasteiger partial charge >= 0.3 is 5.97 Å². The number of hydrogen-bond donors (Lipinski definition) is 2. The zero-order chi connectivity index (χ0) is 17.7. The Labute approximate surface area is 144 Å². The number of hydrogen-bond acceptors (Lipinski definition) is 5. The van der Waals surface area contributed by atoms with Gasteiger partial charge in [-0.1, -0.05) is 19.1 Å². The van der Waals surface area contributed by atoms with Crippen LogP contribution in [-0.4, -0.2) is 30.7 Å². The van der Waals surface area contributed by atoms with Crippen molar-refractivity contribution in [2.75, 3.05) is 19.0 Å². The number of carbonyl (C=O) groups is 2. The predicted octanol–water partition coefficient (Wildman–Crippen LogP) is 3.34. The lowest BCUT2D eigenvalue weighted by molar-refractivity contribution is -0.118. The summed E-state index contributed by atoms with van der Waals surface area (Å²) in [5.74, 6) is -0.494. The van der Waals surface area contributed by atoms with E-state index in [1.807, 2.05) is 13.8 Å². The molecule has 2 rings (SSSR count). The molecule has 1 amide bonds. The number of aromatic carboxylic acids is 1. The molecule has 128 valence electrons. The number of aryl methyl sites for hydroxylation is 1. The second-order valence-electron chi connectivity index (χ2n) is 4.99. The third kappa shape index (κ3) is 3.86. The van der Waals surface area contributed by atoms with Crippen molar-refractivity contribution in [2.45, 2.75) is 20.3 Å². The van der Waals surface area contributed by atoms with E-state index in [-0.39, 0.29) is 12.2 Å². The maximum Gasteiger partial charge on any atom is 0.339 e. The van der Waals surface area contributed by atoms with Gasteiger partial charge in [-0.15, -0.1) is 11.3 Å². The largest absolute Gasteiger partial charge is 0.493 e. The van der Waals surface area contributed by atoms with Crippen LogP contribution in [0.3, 0.4) is 0 Å². The number of carboxylic acids is 1. The second kappa shape index (κ2) is 7.83. The van der Waals surface area contributed by atoms with Crippen molar-refractivity contribution in [1.29, 1.82) is 0 Å². The van der Waals surface area contributed by atoms with Crippen LogP contribution in [0.25, 0.3) is 0 Å². The van der Waals surface area contributed by atoms with E-state index in [2.05, 4.69) is 5.32 Å². The van der Waals surface area contributed by atoms with Gasteiger partial charge in [0.05, 0.1) is 12.7 Å². The van der Waals surface area contributed by atoms with Crippen molar-refractivity contribution in [3.8, 4) is 11.5 Å². The molecule has 2 N–H and O–H groups in total. The Morgan fingerprint density at radius 1 is 1.25 bits per heavy atom. The molecular weight excluding hydrogens is 330 g/mol. The van der Waals surface area contributed by atoms with Crippen LogP contribution >= 0.6 is 11.3 Å². The highest BCUT2D eigenvalue weighted by molar-refractivity contribution is 7.16. The summed E-state index contributed by atoms with van der Waals surface area (Å²) < 4.78 is 10.6. The van der Waals surface area contributed by atoms with Gasteiger partial charge < -0.3 is 19.9 Å². The number of carbonyl (C=O) groups excluding carboxylic acids is 1. The summed E-state index contributed by atoms with van der Waals surface area (Å²) in [5.41, 5.74) is 0.902. The van der Waals surface area contributed by atoms with E-state index in [1.54, 1.807) is 24.3 Å². The number of carboxylic acid groups (broad SMARTS) is 1. The van der Waals surface area contributed by atoms with Crippen molar-refractivity contribution in [3.05, 3.63) is 40.3 Å². The summed E-state index contributed by atoms with van der Waals surface area (Å²) in [6.07, 6.45) is 0.595. The summed E-state index contributed by atoms with van der Waals surface area (Å²) in [6.45, 7) is 3.49. The van der Waals surface area contributed by atoms with Gasteiger partial charge in [0, 0.05) is 4.88 Å². The molecule has 0 aliphatic heterocycles. The highest BCUT2D eigenvalue weighted by Crippen LogP contribution is 2.33. The van der Waals surface area contributed by atoms with Crippen LogP contribution in [0.2, 0.25) is 0 Å². The van der Waals surface area contributed by atoms with E-state index in [4.69, 9.17) is 9.47 Å². The number of anilines is 1. The quantitative estimate of drug-likeness (QED) is 0.801. The van der Waals surface area contributed by atoms with E-state index >= 15 is 0 Å². The lowest BCUT2D eigenvalue weighted by atomic mass is 10.1. The van der Waals surface area contributed by atoms with Gasteiger partial charge in [0.1, 0.15) is 5.00 Å². The Kier molecular flexibility index (Phi) is 5.81. The van der Waals surface area contributed by atoms with Crippen LogP contribution < -0.4 is 14.8 Å². The van der Waals surface area contributed by atoms with E-state index in [0.717, 1.165) is 10.4 Å². The van der Waals surface area contributed by atoms with Gasteiger partial charge in [-0.2, -0.15) is 0 Å². The predicted molar refractivity (Wildman–Crippen MR) is 92.5 cm³/mol. The number of benzene rings is 1. The summed E-state index contributed by atoms with van der Waals surface area (Å²) in [5, 5.41) is 12.4. The van der Waals surface area contributed by atoms with Crippen LogP contribution in [0, 0.1) is 6.92 Å².